The highest BCUT2D eigenvalue weighted by atomic mass is 32.2. The smallest absolute Gasteiger partial charge is 0.245 e. The number of sulfonamides is 1. The maximum atomic E-state index is 13.3. The summed E-state index contributed by atoms with van der Waals surface area (Å²) in [4.78, 5) is 32.8. The summed E-state index contributed by atoms with van der Waals surface area (Å²) in [5, 5.41) is 7.91. The third-order valence-corrected chi connectivity index (χ3v) is 8.86. The molecule has 2 atom stereocenters. The number of fused-ring (bicyclic) bond motifs is 1. The van der Waals surface area contributed by atoms with Gasteiger partial charge in [-0.15, -0.1) is 0 Å². The first-order valence-corrected chi connectivity index (χ1v) is 15.2. The van der Waals surface area contributed by atoms with Gasteiger partial charge in [-0.05, 0) is 48.2 Å². The van der Waals surface area contributed by atoms with E-state index in [1.165, 1.54) is 0 Å². The van der Waals surface area contributed by atoms with E-state index in [1.807, 2.05) is 48.5 Å². The molecule has 3 N–H and O–H groups in total. The van der Waals surface area contributed by atoms with E-state index < -0.39 is 22.1 Å². The molecule has 9 nitrogen and oxygen atoms in total. The number of carbonyl (C=O) groups excluding carboxylic acids is 2. The minimum Gasteiger partial charge on any atom is -0.368 e. The van der Waals surface area contributed by atoms with Crippen LogP contribution in [-0.4, -0.2) is 69.2 Å². The van der Waals surface area contributed by atoms with Gasteiger partial charge >= 0.3 is 0 Å². The topological polar surface area (TPSA) is 120 Å². The number of carbonyl (C=O) groups is 2. The van der Waals surface area contributed by atoms with Crippen LogP contribution in [0.1, 0.15) is 37.3 Å². The Morgan fingerprint density at radius 3 is 2.42 bits per heavy atom. The van der Waals surface area contributed by atoms with Gasteiger partial charge < -0.3 is 15.5 Å². The van der Waals surface area contributed by atoms with Gasteiger partial charge in [0.05, 0.1) is 11.4 Å². The summed E-state index contributed by atoms with van der Waals surface area (Å²) in [7, 11) is -3.83. The molecule has 10 heteroatoms. The molecule has 40 heavy (non-hydrogen) atoms. The molecular formula is C30H35N5O4S. The highest BCUT2D eigenvalue weighted by molar-refractivity contribution is 7.89. The second-order valence-corrected chi connectivity index (χ2v) is 12.2. The van der Waals surface area contributed by atoms with E-state index in [4.69, 9.17) is 0 Å². The zero-order valence-corrected chi connectivity index (χ0v) is 23.4. The number of hydrogen-bond donors (Lipinski definition) is 3. The fourth-order valence-corrected chi connectivity index (χ4v) is 6.50. The van der Waals surface area contributed by atoms with Crippen LogP contribution in [0, 0.1) is 0 Å². The fraction of sp³-hybridized carbons (Fsp3) is 0.367. The molecule has 0 saturated carbocycles. The van der Waals surface area contributed by atoms with E-state index in [-0.39, 0.29) is 23.1 Å². The maximum absolute atomic E-state index is 13.3. The third kappa shape index (κ3) is 6.68. The van der Waals surface area contributed by atoms with Crippen LogP contribution in [0.5, 0.6) is 0 Å². The summed E-state index contributed by atoms with van der Waals surface area (Å²) in [5.41, 5.74) is 1.91. The van der Waals surface area contributed by atoms with Crippen molar-refractivity contribution in [2.24, 2.45) is 4.99 Å². The zero-order chi connectivity index (χ0) is 28.1. The largest absolute Gasteiger partial charge is 0.368 e. The molecule has 1 fully saturated rings. The van der Waals surface area contributed by atoms with Crippen molar-refractivity contribution in [1.82, 2.24) is 20.3 Å². The van der Waals surface area contributed by atoms with Crippen molar-refractivity contribution in [1.29, 1.82) is 0 Å². The molecule has 0 aromatic heterocycles. The normalized spacial score (nSPS) is 16.8. The summed E-state index contributed by atoms with van der Waals surface area (Å²) >= 11 is 0. The van der Waals surface area contributed by atoms with Crippen molar-refractivity contribution in [3.8, 4) is 0 Å². The second kappa shape index (κ2) is 12.2. The molecule has 3 aromatic rings. The highest BCUT2D eigenvalue weighted by Crippen LogP contribution is 2.19. The molecule has 0 bridgehead atoms. The first-order chi connectivity index (χ1) is 19.3. The number of hydrogen-bond acceptors (Lipinski definition) is 6. The Bertz CT molecular complexity index is 1510. The number of rotatable bonds is 10. The van der Waals surface area contributed by atoms with E-state index in [0.29, 0.717) is 19.5 Å². The number of nitrogens with one attached hydrogen (secondary N) is 3. The van der Waals surface area contributed by atoms with Crippen LogP contribution in [0.4, 0.5) is 0 Å². The van der Waals surface area contributed by atoms with E-state index in [0.717, 1.165) is 53.7 Å². The van der Waals surface area contributed by atoms with E-state index in [9.17, 15) is 18.0 Å². The lowest BCUT2D eigenvalue weighted by Crippen LogP contribution is -2.50. The van der Waals surface area contributed by atoms with Crippen molar-refractivity contribution in [2.45, 2.75) is 49.6 Å². The Kier molecular flexibility index (Phi) is 8.46. The first kappa shape index (κ1) is 27.8. The average Bonchev–Trinajstić information content (AvgIpc) is 3.67. The predicted molar refractivity (Wildman–Crippen MR) is 156 cm³/mol. The van der Waals surface area contributed by atoms with Gasteiger partial charge in [0.1, 0.15) is 11.9 Å². The zero-order valence-electron chi connectivity index (χ0n) is 22.6. The van der Waals surface area contributed by atoms with E-state index in [1.54, 1.807) is 30.0 Å². The summed E-state index contributed by atoms with van der Waals surface area (Å²) in [5.74, 6) is 0.373. The molecule has 5 rings (SSSR count). The Labute approximate surface area is 235 Å². The molecule has 3 aromatic carbocycles. The first-order valence-electron chi connectivity index (χ1n) is 13.8. The number of aliphatic imine (C=N–C) groups is 1. The van der Waals surface area contributed by atoms with Crippen molar-refractivity contribution >= 4 is 38.4 Å². The minimum atomic E-state index is -3.83. The third-order valence-electron chi connectivity index (χ3n) is 7.27. The van der Waals surface area contributed by atoms with E-state index in [2.05, 4.69) is 20.3 Å². The van der Waals surface area contributed by atoms with Crippen LogP contribution in [0.2, 0.25) is 0 Å². The lowest BCUT2D eigenvalue weighted by molar-refractivity contribution is -0.135. The Balaban J connectivity index is 1.23. The van der Waals surface area contributed by atoms with Gasteiger partial charge in [0.15, 0.2) is 0 Å². The lowest BCUT2D eigenvalue weighted by Gasteiger charge is -2.25. The van der Waals surface area contributed by atoms with Crippen molar-refractivity contribution in [3.63, 3.8) is 0 Å². The number of benzene rings is 3. The fourth-order valence-electron chi connectivity index (χ4n) is 5.22. The molecule has 0 aliphatic carbocycles. The standard InChI is InChI=1S/C30H35N5O4S/c1-21(34-40(38,39)26-13-12-23-6-2-3-7-25(23)20-26)18-28(36)33-27(30(37)35-16-4-5-17-35)19-22-8-10-24(11-9-22)29-31-14-15-32-29/h2-3,6-13,20-21,27,34H,4-5,14-19H2,1H3,(H,31,32)(H,33,36). The van der Waals surface area contributed by atoms with Crippen LogP contribution in [0.3, 0.4) is 0 Å². The Morgan fingerprint density at radius 2 is 1.73 bits per heavy atom. The highest BCUT2D eigenvalue weighted by Gasteiger charge is 2.29. The molecular weight excluding hydrogens is 526 g/mol. The number of amidine groups is 1. The Hall–Kier alpha value is -3.76. The van der Waals surface area contributed by atoms with Crippen LogP contribution < -0.4 is 15.4 Å². The van der Waals surface area contributed by atoms with Crippen LogP contribution >= 0.6 is 0 Å². The van der Waals surface area contributed by atoms with E-state index >= 15 is 0 Å². The van der Waals surface area contributed by atoms with Crippen LogP contribution in [-0.2, 0) is 26.0 Å². The van der Waals surface area contributed by atoms with Gasteiger partial charge in [-0.3, -0.25) is 14.6 Å². The molecule has 2 heterocycles. The summed E-state index contributed by atoms with van der Waals surface area (Å²) in [6, 6.07) is 18.9. The van der Waals surface area contributed by atoms with Gasteiger partial charge in [-0.1, -0.05) is 54.6 Å². The monoisotopic (exact) mass is 561 g/mol. The maximum Gasteiger partial charge on any atom is 0.245 e. The lowest BCUT2D eigenvalue weighted by atomic mass is 10.0. The van der Waals surface area contributed by atoms with Gasteiger partial charge in [0, 0.05) is 44.1 Å². The van der Waals surface area contributed by atoms with Gasteiger partial charge in [-0.25, -0.2) is 13.1 Å². The molecule has 2 aliphatic rings. The number of nitrogens with zero attached hydrogens (tertiary/aromatic N) is 2. The molecule has 0 radical (unpaired) electrons. The quantitative estimate of drug-likeness (QED) is 0.352. The van der Waals surface area contributed by atoms with Gasteiger partial charge in [-0.2, -0.15) is 0 Å². The molecule has 1 saturated heterocycles. The van der Waals surface area contributed by atoms with Crippen molar-refractivity contribution in [3.05, 3.63) is 77.9 Å². The van der Waals surface area contributed by atoms with Crippen LogP contribution in [0.25, 0.3) is 10.8 Å². The average molecular weight is 562 g/mol. The molecule has 0 spiro atoms. The Morgan fingerprint density at radius 1 is 1.00 bits per heavy atom. The summed E-state index contributed by atoms with van der Waals surface area (Å²) < 4.78 is 28.6. The van der Waals surface area contributed by atoms with Crippen LogP contribution in [0.15, 0.2) is 76.6 Å². The molecule has 210 valence electrons. The minimum absolute atomic E-state index is 0.0962. The van der Waals surface area contributed by atoms with Crippen molar-refractivity contribution in [2.75, 3.05) is 26.2 Å². The molecule has 2 aliphatic heterocycles. The van der Waals surface area contributed by atoms with Gasteiger partial charge in [0.2, 0.25) is 21.8 Å². The number of amides is 2. The molecule has 2 unspecified atom stereocenters. The van der Waals surface area contributed by atoms with Crippen molar-refractivity contribution < 1.29 is 18.0 Å². The predicted octanol–water partition coefficient (Wildman–Crippen LogP) is 2.60. The molecule has 2 amide bonds. The summed E-state index contributed by atoms with van der Waals surface area (Å²) in [6.07, 6.45) is 2.15. The summed E-state index contributed by atoms with van der Waals surface area (Å²) in [6.45, 7) is 4.59. The number of likely N-dealkylation sites (tertiary alicyclic amines) is 1. The second-order valence-electron chi connectivity index (χ2n) is 10.4. The SMILES string of the molecule is CC(CC(=O)NC(Cc1ccc(C2=NCCN2)cc1)C(=O)N1CCCC1)NS(=O)(=O)c1ccc2ccccc2c1. The van der Waals surface area contributed by atoms with Gasteiger partial charge in [0.25, 0.3) is 0 Å².